The number of nitrogens with one attached hydrogen (secondary N) is 2. The zero-order valence-corrected chi connectivity index (χ0v) is 51.8. The van der Waals surface area contributed by atoms with Gasteiger partial charge < -0.3 is 79.2 Å². The Hall–Kier alpha value is -5.90. The molecule has 2 unspecified atom stereocenters. The number of aliphatic hydroxyl groups excluding tert-OH is 4. The van der Waals surface area contributed by atoms with Crippen molar-refractivity contribution in [1.82, 2.24) is 10.6 Å². The van der Waals surface area contributed by atoms with Crippen molar-refractivity contribution < 1.29 is 87.7 Å². The lowest BCUT2D eigenvalue weighted by atomic mass is 9.79. The summed E-state index contributed by atoms with van der Waals surface area (Å²) in [5, 5.41) is 70.5. The van der Waals surface area contributed by atoms with E-state index in [0.29, 0.717) is 73.4 Å². The number of carboxylic acid groups (broad SMARTS) is 2. The van der Waals surface area contributed by atoms with Crippen LogP contribution in [0.15, 0.2) is 66.7 Å². The third-order valence-corrected chi connectivity index (χ3v) is 14.5. The second kappa shape index (κ2) is 37.4. The van der Waals surface area contributed by atoms with E-state index in [2.05, 4.69) is 10.6 Å². The number of alkyl carbamates (subject to hydrolysis) is 2. The SMILES string of the molecule is COCCCOc1cc(C(O)[C@@H](C[C@H](NC(=O)OC(C)(C)C)[C@@H](O)C[C@H](C(=O)O)C(C)C)C(C)C)ccc1OC.COCCCOc1cc(C(O)[C@@H](C[C@H](NC(=O)OCc2ccccc2)[C@@H](O)C[C@H](C(=O)O)C(C)C)C(C)C)ccc1OC. The zero-order chi connectivity index (χ0) is 62.6. The second-order valence-corrected chi connectivity index (χ2v) is 23.4. The number of methoxy groups -OCH3 is 4. The van der Waals surface area contributed by atoms with Crippen molar-refractivity contribution in [2.45, 2.75) is 163 Å². The monoisotopic (exact) mass is 1170 g/mol. The highest BCUT2D eigenvalue weighted by molar-refractivity contribution is 5.71. The van der Waals surface area contributed by atoms with Crippen molar-refractivity contribution in [2.75, 3.05) is 54.9 Å². The molecule has 8 N–H and O–H groups in total. The van der Waals surface area contributed by atoms with E-state index in [1.807, 2.05) is 58.0 Å². The van der Waals surface area contributed by atoms with Crippen LogP contribution in [0.3, 0.4) is 0 Å². The Balaban J connectivity index is 0.000000568. The first kappa shape index (κ1) is 73.2. The van der Waals surface area contributed by atoms with Gasteiger partial charge in [0.2, 0.25) is 0 Å². The molecule has 0 saturated carbocycles. The number of aliphatic carboxylic acids is 2. The van der Waals surface area contributed by atoms with E-state index in [9.17, 15) is 49.8 Å². The highest BCUT2D eigenvalue weighted by atomic mass is 16.6. The number of carbonyl (C=O) groups is 4. The number of hydrogen-bond acceptors (Lipinski definition) is 16. The van der Waals surface area contributed by atoms with E-state index in [0.717, 1.165) is 5.56 Å². The second-order valence-electron chi connectivity index (χ2n) is 23.4. The van der Waals surface area contributed by atoms with Gasteiger partial charge >= 0.3 is 24.1 Å². The number of aliphatic hydroxyl groups is 4. The molecule has 20 heteroatoms. The standard InChI is InChI=1S/C33H49NO9.C30H51NO9/c1-21(2)25(31(36)24-13-14-29(41-6)30(17-24)42-16-10-15-40-5)18-27(28(35)19-26(22(3)4)32(37)38)34-33(39)43-20-23-11-8-7-9-12-23;1-18(2)21(27(33)20-11-12-25(38-9)26(15-20)39-14-10-13-37-8)16-23(31-29(36)40-30(5,6)7)24(32)17-22(19(3)4)28(34)35/h7-9,11-14,17,21-22,25-28,31,35-36H,10,15-16,18-20H2,1-6H3,(H,34,39)(H,37,38);11-12,15,18-19,21-24,27,32-33H,10,13-14,16-17H2,1-9H3,(H,31,36)(H,34,35)/t25-,26-,27-,28-,31?;21-,22-,23-,24-,27?/m00/s1. The molecule has 3 aromatic carbocycles. The maximum atomic E-state index is 12.9. The summed E-state index contributed by atoms with van der Waals surface area (Å²) in [7, 11) is 6.33. The summed E-state index contributed by atoms with van der Waals surface area (Å²) in [6, 6.07) is 17.9. The van der Waals surface area contributed by atoms with Gasteiger partial charge in [-0.05, 0) is 123 Å². The predicted octanol–water partition coefficient (Wildman–Crippen LogP) is 10.0. The molecule has 0 bridgehead atoms. The molecule has 3 rings (SSSR count). The summed E-state index contributed by atoms with van der Waals surface area (Å²) in [5.41, 5.74) is 1.22. The van der Waals surface area contributed by atoms with Crippen molar-refractivity contribution in [3.8, 4) is 23.0 Å². The van der Waals surface area contributed by atoms with Gasteiger partial charge in [0, 0.05) is 40.3 Å². The highest BCUT2D eigenvalue weighted by Gasteiger charge is 2.37. The molecule has 0 fully saturated rings. The lowest BCUT2D eigenvalue weighted by Crippen LogP contribution is -2.48. The number of ether oxygens (including phenoxy) is 8. The fraction of sp³-hybridized carbons (Fsp3) is 0.651. The molecule has 0 heterocycles. The number of hydrogen-bond donors (Lipinski definition) is 8. The lowest BCUT2D eigenvalue weighted by molar-refractivity contribution is -0.145. The molecule has 0 radical (unpaired) electrons. The molecule has 2 amide bonds. The van der Waals surface area contributed by atoms with Gasteiger partial charge in [0.05, 0.1) is 75.8 Å². The van der Waals surface area contributed by atoms with E-state index in [-0.39, 0.29) is 56.0 Å². The largest absolute Gasteiger partial charge is 0.493 e. The van der Waals surface area contributed by atoms with Crippen LogP contribution in [-0.4, -0.2) is 140 Å². The van der Waals surface area contributed by atoms with Crippen molar-refractivity contribution >= 4 is 24.1 Å². The molecule has 0 spiro atoms. The van der Waals surface area contributed by atoms with E-state index in [4.69, 9.17) is 37.9 Å². The summed E-state index contributed by atoms with van der Waals surface area (Å²) >= 11 is 0. The first-order chi connectivity index (χ1) is 39.1. The third-order valence-electron chi connectivity index (χ3n) is 14.5. The van der Waals surface area contributed by atoms with Crippen molar-refractivity contribution in [2.24, 2.45) is 47.3 Å². The van der Waals surface area contributed by atoms with Gasteiger partial charge in [-0.15, -0.1) is 0 Å². The fourth-order valence-corrected chi connectivity index (χ4v) is 9.53. The average molecular weight is 1170 g/mol. The molecule has 10 atom stereocenters. The Bertz CT molecular complexity index is 2340. The Morgan fingerprint density at radius 1 is 0.506 bits per heavy atom. The minimum atomic E-state index is -1.20. The first-order valence-electron chi connectivity index (χ1n) is 28.8. The van der Waals surface area contributed by atoms with E-state index in [1.165, 1.54) is 0 Å². The molecular weight excluding hydrogens is 1070 g/mol. The molecule has 470 valence electrons. The van der Waals surface area contributed by atoms with Crippen LogP contribution in [0.2, 0.25) is 0 Å². The van der Waals surface area contributed by atoms with Crippen LogP contribution in [0.1, 0.15) is 144 Å². The lowest BCUT2D eigenvalue weighted by Gasteiger charge is -2.34. The Morgan fingerprint density at radius 3 is 1.24 bits per heavy atom. The van der Waals surface area contributed by atoms with Crippen LogP contribution in [0.4, 0.5) is 9.59 Å². The Kier molecular flexibility index (Phi) is 33.0. The van der Waals surface area contributed by atoms with Crippen molar-refractivity contribution in [3.05, 3.63) is 83.4 Å². The van der Waals surface area contributed by atoms with Crippen LogP contribution in [0, 0.1) is 47.3 Å². The zero-order valence-electron chi connectivity index (χ0n) is 51.8. The summed E-state index contributed by atoms with van der Waals surface area (Å²) in [6.07, 6.45) is -4.20. The minimum absolute atomic E-state index is 0.0362. The van der Waals surface area contributed by atoms with Gasteiger partial charge in [-0.2, -0.15) is 0 Å². The van der Waals surface area contributed by atoms with Crippen LogP contribution in [0.25, 0.3) is 0 Å². The molecule has 83 heavy (non-hydrogen) atoms. The van der Waals surface area contributed by atoms with Crippen molar-refractivity contribution in [1.29, 1.82) is 0 Å². The first-order valence-corrected chi connectivity index (χ1v) is 28.8. The topological polar surface area (TPSA) is 288 Å². The molecule has 3 aromatic rings. The van der Waals surface area contributed by atoms with Gasteiger partial charge in [0.1, 0.15) is 12.2 Å². The van der Waals surface area contributed by atoms with Gasteiger partial charge in [0.15, 0.2) is 23.0 Å². The quantitative estimate of drug-likeness (QED) is 0.0251. The Labute approximate surface area is 492 Å². The maximum Gasteiger partial charge on any atom is 0.407 e. The van der Waals surface area contributed by atoms with E-state index in [1.54, 1.807) is 113 Å². The summed E-state index contributed by atoms with van der Waals surface area (Å²) in [6.45, 7) is 22.1. The molecule has 20 nitrogen and oxygen atoms in total. The molecule has 0 aliphatic carbocycles. The molecule has 0 aliphatic rings. The summed E-state index contributed by atoms with van der Waals surface area (Å²) in [4.78, 5) is 49.3. The van der Waals surface area contributed by atoms with Gasteiger partial charge in [-0.1, -0.05) is 97.9 Å². The van der Waals surface area contributed by atoms with Crippen molar-refractivity contribution in [3.63, 3.8) is 0 Å². The average Bonchev–Trinajstić information content (AvgIpc) is 3.62. The fourth-order valence-electron chi connectivity index (χ4n) is 9.53. The number of rotatable bonds is 36. The number of benzene rings is 3. The third kappa shape index (κ3) is 26.3. The maximum absolute atomic E-state index is 12.9. The Morgan fingerprint density at radius 2 is 0.904 bits per heavy atom. The number of carboxylic acids is 2. The molecule has 0 saturated heterocycles. The van der Waals surface area contributed by atoms with Gasteiger partial charge in [-0.3, -0.25) is 9.59 Å². The van der Waals surface area contributed by atoms with Crippen LogP contribution < -0.4 is 29.6 Å². The minimum Gasteiger partial charge on any atom is -0.493 e. The molecule has 0 aromatic heterocycles. The number of carbonyl (C=O) groups excluding carboxylic acids is 2. The summed E-state index contributed by atoms with van der Waals surface area (Å²) < 4.78 is 43.6. The normalized spacial score (nSPS) is 15.3. The molecule has 0 aliphatic heterocycles. The number of amides is 2. The van der Waals surface area contributed by atoms with E-state index >= 15 is 0 Å². The van der Waals surface area contributed by atoms with Crippen LogP contribution in [0.5, 0.6) is 23.0 Å². The van der Waals surface area contributed by atoms with Crippen LogP contribution >= 0.6 is 0 Å². The van der Waals surface area contributed by atoms with Crippen LogP contribution in [-0.2, 0) is 35.1 Å². The summed E-state index contributed by atoms with van der Waals surface area (Å²) in [5.74, 6) is -3.04. The predicted molar refractivity (Wildman–Crippen MR) is 316 cm³/mol. The molecular formula is C63H100N2O18. The van der Waals surface area contributed by atoms with Gasteiger partial charge in [0.25, 0.3) is 0 Å². The van der Waals surface area contributed by atoms with Gasteiger partial charge in [-0.25, -0.2) is 9.59 Å². The van der Waals surface area contributed by atoms with E-state index < -0.39 is 89.9 Å². The smallest absolute Gasteiger partial charge is 0.407 e. The highest BCUT2D eigenvalue weighted by Crippen LogP contribution is 2.39.